The Morgan fingerprint density at radius 1 is 1.09 bits per heavy atom. The predicted molar refractivity (Wildman–Crippen MR) is 124 cm³/mol. The number of allylic oxidation sites excluding steroid dienone is 1. The zero-order chi connectivity index (χ0) is 23.6. The highest BCUT2D eigenvalue weighted by Crippen LogP contribution is 2.63. The summed E-state index contributed by atoms with van der Waals surface area (Å²) in [5, 5.41) is 11.0. The molecule has 0 amide bonds. The average Bonchev–Trinajstić information content (AvgIpc) is 3.08. The number of hydrogen-bond donors (Lipinski definition) is 1. The molecule has 1 unspecified atom stereocenters. The summed E-state index contributed by atoms with van der Waals surface area (Å²) in [6.45, 7) is 4.53. The van der Waals surface area contributed by atoms with Crippen LogP contribution < -0.4 is 4.72 Å². The lowest BCUT2D eigenvalue weighted by Crippen LogP contribution is -2.51. The number of sulfonamides is 1. The molecule has 0 radical (unpaired) electrons. The van der Waals surface area contributed by atoms with Gasteiger partial charge in [0.1, 0.15) is 5.78 Å². The fourth-order valence-electron chi connectivity index (χ4n) is 7.58. The maximum absolute atomic E-state index is 12.9. The van der Waals surface area contributed by atoms with E-state index in [1.165, 1.54) is 23.8 Å². The van der Waals surface area contributed by atoms with Gasteiger partial charge >= 0.3 is 0 Å². The van der Waals surface area contributed by atoms with E-state index >= 15 is 0 Å². The van der Waals surface area contributed by atoms with Crippen LogP contribution in [0.2, 0.25) is 0 Å². The molecule has 4 aliphatic rings. The van der Waals surface area contributed by atoms with Crippen LogP contribution >= 0.6 is 0 Å². The molecule has 0 spiro atoms. The summed E-state index contributed by atoms with van der Waals surface area (Å²) >= 11 is 0. The molecule has 5 rings (SSSR count). The number of nitrogens with zero attached hydrogens (tertiary/aromatic N) is 1. The minimum Gasteiger partial charge on any atom is -0.299 e. The fraction of sp³-hybridized carbons (Fsp3) is 0.640. The Hall–Kier alpha value is -2.06. The zero-order valence-electron chi connectivity index (χ0n) is 19.2. The van der Waals surface area contributed by atoms with Gasteiger partial charge in [-0.25, -0.2) is 13.1 Å². The predicted octanol–water partition coefficient (Wildman–Crippen LogP) is 4.77. The standard InChI is InChI=1S/C25H32N2O5S/c1-24-12-10-17(26-33(31,32)19-5-3-4-18(15-19)27(29)30)14-16(24)6-7-20-21-8-9-23(28)25(21,2)13-11-22(20)24/h3-6,15,17,20-22,26H,7-14H2,1-2H3/t17?,20-,21-,22-,24-,25-/m0/s1. The Labute approximate surface area is 195 Å². The first-order valence-electron chi connectivity index (χ1n) is 12.0. The highest BCUT2D eigenvalue weighted by molar-refractivity contribution is 7.89. The Kier molecular flexibility index (Phi) is 5.32. The maximum Gasteiger partial charge on any atom is 0.270 e. The lowest BCUT2D eigenvalue weighted by Gasteiger charge is -2.57. The van der Waals surface area contributed by atoms with Gasteiger partial charge < -0.3 is 0 Å². The number of ketones is 1. The van der Waals surface area contributed by atoms with Gasteiger partial charge in [0.25, 0.3) is 5.69 Å². The smallest absolute Gasteiger partial charge is 0.270 e. The SMILES string of the molecule is C[C@]12CCC(NS(=O)(=O)c3cccc([N+](=O)[O-])c3)CC1=CC[C@@H]1[C@@H]2CC[C@]2(C)C(=O)CC[C@@H]12. The van der Waals surface area contributed by atoms with E-state index in [4.69, 9.17) is 0 Å². The molecule has 1 aromatic rings. The van der Waals surface area contributed by atoms with E-state index < -0.39 is 14.9 Å². The highest BCUT2D eigenvalue weighted by Gasteiger charge is 2.58. The monoisotopic (exact) mass is 472 g/mol. The van der Waals surface area contributed by atoms with Gasteiger partial charge in [0.15, 0.2) is 0 Å². The number of carbonyl (C=O) groups excluding carboxylic acids is 1. The zero-order valence-corrected chi connectivity index (χ0v) is 20.1. The van der Waals surface area contributed by atoms with Crippen LogP contribution in [0.1, 0.15) is 65.2 Å². The summed E-state index contributed by atoms with van der Waals surface area (Å²) < 4.78 is 28.7. The van der Waals surface area contributed by atoms with Crippen molar-refractivity contribution in [2.45, 2.75) is 76.2 Å². The largest absolute Gasteiger partial charge is 0.299 e. The summed E-state index contributed by atoms with van der Waals surface area (Å²) in [6.07, 6.45) is 9.43. The van der Waals surface area contributed by atoms with Gasteiger partial charge in [-0.15, -0.1) is 0 Å². The van der Waals surface area contributed by atoms with Crippen LogP contribution in [0, 0.1) is 38.7 Å². The van der Waals surface area contributed by atoms with E-state index in [2.05, 4.69) is 24.6 Å². The van der Waals surface area contributed by atoms with Gasteiger partial charge in [0.05, 0.1) is 9.82 Å². The first kappa shape index (κ1) is 22.7. The molecule has 33 heavy (non-hydrogen) atoms. The van der Waals surface area contributed by atoms with E-state index in [1.54, 1.807) is 0 Å². The number of hydrogen-bond acceptors (Lipinski definition) is 5. The number of Topliss-reactive ketones (excluding diaryl/α,β-unsaturated/α-hetero) is 1. The summed E-state index contributed by atoms with van der Waals surface area (Å²) in [5.74, 6) is 2.02. The Morgan fingerprint density at radius 2 is 1.82 bits per heavy atom. The molecule has 0 aliphatic heterocycles. The average molecular weight is 473 g/mol. The third kappa shape index (κ3) is 3.57. The van der Waals surface area contributed by atoms with E-state index in [1.807, 2.05) is 0 Å². The summed E-state index contributed by atoms with van der Waals surface area (Å²) in [6, 6.07) is 4.99. The normalized spacial score (nSPS) is 38.1. The number of fused-ring (bicyclic) bond motifs is 5. The molecule has 0 bridgehead atoms. The second-order valence-electron chi connectivity index (χ2n) is 11.0. The van der Waals surface area contributed by atoms with Crippen molar-refractivity contribution in [3.05, 3.63) is 46.0 Å². The van der Waals surface area contributed by atoms with Gasteiger partial charge in [-0.05, 0) is 74.2 Å². The first-order valence-corrected chi connectivity index (χ1v) is 13.5. The van der Waals surface area contributed by atoms with Crippen molar-refractivity contribution >= 4 is 21.5 Å². The Morgan fingerprint density at radius 3 is 2.58 bits per heavy atom. The van der Waals surface area contributed by atoms with Crippen molar-refractivity contribution in [2.24, 2.45) is 28.6 Å². The van der Waals surface area contributed by atoms with Gasteiger partial charge in [-0.3, -0.25) is 14.9 Å². The number of nitro benzene ring substituents is 1. The quantitative estimate of drug-likeness (QED) is 0.386. The van der Waals surface area contributed by atoms with Crippen molar-refractivity contribution in [2.75, 3.05) is 0 Å². The van der Waals surface area contributed by atoms with E-state index in [0.717, 1.165) is 51.0 Å². The molecule has 7 nitrogen and oxygen atoms in total. The van der Waals surface area contributed by atoms with Crippen molar-refractivity contribution < 1.29 is 18.1 Å². The van der Waals surface area contributed by atoms with E-state index in [-0.39, 0.29) is 27.5 Å². The molecule has 6 atom stereocenters. The van der Waals surface area contributed by atoms with Crippen LogP contribution in [0.25, 0.3) is 0 Å². The number of carbonyl (C=O) groups is 1. The van der Waals surface area contributed by atoms with Crippen molar-refractivity contribution in [3.8, 4) is 0 Å². The lowest BCUT2D eigenvalue weighted by molar-refractivity contribution is -0.385. The molecule has 0 aromatic heterocycles. The summed E-state index contributed by atoms with van der Waals surface area (Å²) in [5.41, 5.74) is 1.02. The molecule has 0 saturated heterocycles. The lowest BCUT2D eigenvalue weighted by atomic mass is 9.48. The van der Waals surface area contributed by atoms with E-state index in [0.29, 0.717) is 30.0 Å². The molecule has 3 fully saturated rings. The third-order valence-corrected chi connectivity index (χ3v) is 11.0. The molecule has 0 heterocycles. The molecule has 178 valence electrons. The van der Waals surface area contributed by atoms with Crippen LogP contribution in [0.15, 0.2) is 40.8 Å². The number of nitrogens with one attached hydrogen (secondary N) is 1. The second-order valence-corrected chi connectivity index (χ2v) is 12.7. The second kappa shape index (κ2) is 7.73. The van der Waals surface area contributed by atoms with Crippen LogP contribution in [-0.4, -0.2) is 25.2 Å². The third-order valence-electron chi connectivity index (χ3n) is 9.47. The van der Waals surface area contributed by atoms with Crippen LogP contribution in [-0.2, 0) is 14.8 Å². The molecule has 8 heteroatoms. The Balaban J connectivity index is 1.34. The number of benzene rings is 1. The summed E-state index contributed by atoms with van der Waals surface area (Å²) in [4.78, 5) is 23.0. The summed E-state index contributed by atoms with van der Waals surface area (Å²) in [7, 11) is -3.84. The highest BCUT2D eigenvalue weighted by atomic mass is 32.2. The van der Waals surface area contributed by atoms with Gasteiger partial charge in [0, 0.05) is 30.0 Å². The topological polar surface area (TPSA) is 106 Å². The Bertz CT molecular complexity index is 1150. The molecular formula is C25H32N2O5S. The van der Waals surface area contributed by atoms with Crippen molar-refractivity contribution in [1.82, 2.24) is 4.72 Å². The van der Waals surface area contributed by atoms with Crippen molar-refractivity contribution in [1.29, 1.82) is 0 Å². The molecule has 1 aromatic carbocycles. The molecular weight excluding hydrogens is 440 g/mol. The van der Waals surface area contributed by atoms with Gasteiger partial charge in [-0.1, -0.05) is 31.6 Å². The van der Waals surface area contributed by atoms with Crippen LogP contribution in [0.4, 0.5) is 5.69 Å². The van der Waals surface area contributed by atoms with Gasteiger partial charge in [-0.2, -0.15) is 0 Å². The number of non-ortho nitro benzene ring substituents is 1. The van der Waals surface area contributed by atoms with Crippen molar-refractivity contribution in [3.63, 3.8) is 0 Å². The first-order chi connectivity index (χ1) is 15.5. The minimum atomic E-state index is -3.84. The minimum absolute atomic E-state index is 0.0589. The van der Waals surface area contributed by atoms with Gasteiger partial charge in [0.2, 0.25) is 10.0 Å². The fourth-order valence-corrected chi connectivity index (χ4v) is 8.89. The van der Waals surface area contributed by atoms with Crippen LogP contribution in [0.3, 0.4) is 0 Å². The maximum atomic E-state index is 12.9. The van der Waals surface area contributed by atoms with E-state index in [9.17, 15) is 23.3 Å². The molecule has 3 saturated carbocycles. The molecule has 1 N–H and O–H groups in total. The number of rotatable bonds is 4. The molecule has 4 aliphatic carbocycles. The number of nitro groups is 1. The van der Waals surface area contributed by atoms with Crippen LogP contribution in [0.5, 0.6) is 0 Å².